The van der Waals surface area contributed by atoms with Crippen LogP contribution in [0.2, 0.25) is 0 Å². The molecule has 0 aromatic carbocycles. The molecule has 202 valence electrons. The van der Waals surface area contributed by atoms with E-state index in [0.29, 0.717) is 37.7 Å². The summed E-state index contributed by atoms with van der Waals surface area (Å²) in [5, 5.41) is 0. The summed E-state index contributed by atoms with van der Waals surface area (Å²) < 4.78 is 47.9. The Labute approximate surface area is 214 Å². The third-order valence-electron chi connectivity index (χ3n) is 6.29. The van der Waals surface area contributed by atoms with Crippen LogP contribution in [-0.2, 0) is 20.9 Å². The molecule has 3 aromatic rings. The number of alkyl halides is 3. The highest BCUT2D eigenvalue weighted by molar-refractivity contribution is 6.35. The third kappa shape index (κ3) is 5.16. The number of hydrogen-bond donors (Lipinski definition) is 1. The minimum Gasteiger partial charge on any atom is -0.378 e. The van der Waals surface area contributed by atoms with Crippen LogP contribution in [0.1, 0.15) is 6.92 Å². The molecule has 2 fully saturated rings. The molecule has 13 nitrogen and oxygen atoms in total. The lowest BCUT2D eigenvalue weighted by Gasteiger charge is -2.35. The zero-order chi connectivity index (χ0) is 27.0. The van der Waals surface area contributed by atoms with Gasteiger partial charge in [0.15, 0.2) is 22.8 Å². The lowest BCUT2D eigenvalue weighted by molar-refractivity contribution is -0.143. The number of imidazole rings is 1. The van der Waals surface area contributed by atoms with Crippen LogP contribution in [0.15, 0.2) is 12.4 Å². The van der Waals surface area contributed by atoms with Crippen molar-refractivity contribution >= 4 is 40.6 Å². The summed E-state index contributed by atoms with van der Waals surface area (Å²) in [4.78, 5) is 50.2. The SMILES string of the molecule is CC(=O)C(=O)N1CCN(c2nc3c(N4CCOCC4)nc(-c4cnc(N)nc4)nc3n2CC(F)(F)F)CC1. The lowest BCUT2D eigenvalue weighted by atomic mass is 10.3. The van der Waals surface area contributed by atoms with Crippen molar-refractivity contribution < 1.29 is 27.5 Å². The van der Waals surface area contributed by atoms with Crippen molar-refractivity contribution in [1.82, 2.24) is 34.4 Å². The van der Waals surface area contributed by atoms with Gasteiger partial charge in [0.2, 0.25) is 17.7 Å². The Balaban J connectivity index is 1.63. The fourth-order valence-electron chi connectivity index (χ4n) is 4.45. The van der Waals surface area contributed by atoms with Crippen molar-refractivity contribution in [3.8, 4) is 11.4 Å². The van der Waals surface area contributed by atoms with Gasteiger partial charge in [0.1, 0.15) is 6.54 Å². The van der Waals surface area contributed by atoms with Crippen LogP contribution >= 0.6 is 0 Å². The molecule has 5 rings (SSSR count). The number of Topliss-reactive ketones (excluding diaryl/α,β-unsaturated/α-hetero) is 1. The van der Waals surface area contributed by atoms with Gasteiger partial charge in [-0.25, -0.2) is 24.9 Å². The Morgan fingerprint density at radius 2 is 1.63 bits per heavy atom. The zero-order valence-corrected chi connectivity index (χ0v) is 20.5. The highest BCUT2D eigenvalue weighted by Crippen LogP contribution is 2.33. The van der Waals surface area contributed by atoms with Crippen LogP contribution in [0.25, 0.3) is 22.6 Å². The van der Waals surface area contributed by atoms with Crippen LogP contribution < -0.4 is 15.5 Å². The number of anilines is 3. The van der Waals surface area contributed by atoms with E-state index >= 15 is 0 Å². The Morgan fingerprint density at radius 3 is 2.24 bits per heavy atom. The van der Waals surface area contributed by atoms with Crippen molar-refractivity contribution in [2.45, 2.75) is 19.6 Å². The number of ether oxygens (including phenoxy) is 1. The number of nitrogens with two attached hydrogens (primary N) is 1. The van der Waals surface area contributed by atoms with Crippen LogP contribution in [0, 0.1) is 0 Å². The average Bonchev–Trinajstić information content (AvgIpc) is 3.25. The fraction of sp³-hybridized carbons (Fsp3) is 0.500. The highest BCUT2D eigenvalue weighted by atomic mass is 19.4. The normalized spacial score (nSPS) is 16.8. The van der Waals surface area contributed by atoms with Gasteiger partial charge < -0.3 is 25.2 Å². The van der Waals surface area contributed by atoms with Gasteiger partial charge in [-0.2, -0.15) is 13.2 Å². The van der Waals surface area contributed by atoms with Gasteiger partial charge in [-0.15, -0.1) is 0 Å². The first kappa shape index (κ1) is 25.6. The van der Waals surface area contributed by atoms with Gasteiger partial charge in [0, 0.05) is 58.6 Å². The number of rotatable bonds is 5. The molecule has 2 aliphatic heterocycles. The number of hydrogen-bond acceptors (Lipinski definition) is 11. The number of piperazine rings is 1. The van der Waals surface area contributed by atoms with Gasteiger partial charge in [-0.1, -0.05) is 0 Å². The molecular weight excluding hydrogens is 509 g/mol. The standard InChI is InChI=1S/C22H25F3N10O3/c1-13(36)19(37)33-2-4-34(5-3-33)21-29-15-17(32-6-8-38-9-7-32)30-16(14-10-27-20(26)28-11-14)31-18(15)35(21)12-22(23,24)25/h10-11H,2-9,12H2,1H3,(H2,26,27,28). The molecule has 16 heteroatoms. The summed E-state index contributed by atoms with van der Waals surface area (Å²) in [6.07, 6.45) is -1.75. The molecule has 5 heterocycles. The van der Waals surface area contributed by atoms with Crippen LogP contribution in [0.5, 0.6) is 0 Å². The van der Waals surface area contributed by atoms with Crippen molar-refractivity contribution in [2.24, 2.45) is 0 Å². The maximum Gasteiger partial charge on any atom is 0.406 e. The predicted molar refractivity (Wildman–Crippen MR) is 129 cm³/mol. The second kappa shape index (κ2) is 10.00. The highest BCUT2D eigenvalue weighted by Gasteiger charge is 2.35. The maximum absolute atomic E-state index is 13.8. The summed E-state index contributed by atoms with van der Waals surface area (Å²) in [7, 11) is 0. The van der Waals surface area contributed by atoms with Gasteiger partial charge in [0.05, 0.1) is 18.8 Å². The summed E-state index contributed by atoms with van der Waals surface area (Å²) in [5.41, 5.74) is 6.20. The van der Waals surface area contributed by atoms with Crippen molar-refractivity contribution in [3.63, 3.8) is 0 Å². The summed E-state index contributed by atoms with van der Waals surface area (Å²) in [6, 6.07) is 0. The molecule has 3 aromatic heterocycles. The van der Waals surface area contributed by atoms with Crippen molar-refractivity contribution in [2.75, 3.05) is 68.0 Å². The first-order chi connectivity index (χ1) is 18.1. The zero-order valence-electron chi connectivity index (χ0n) is 20.5. The molecule has 0 aliphatic carbocycles. The number of fused-ring (bicyclic) bond motifs is 1. The number of carbonyl (C=O) groups excluding carboxylic acids is 2. The van der Waals surface area contributed by atoms with E-state index in [1.54, 1.807) is 4.90 Å². The molecule has 38 heavy (non-hydrogen) atoms. The van der Waals surface area contributed by atoms with E-state index in [1.807, 2.05) is 4.90 Å². The molecule has 0 bridgehead atoms. The number of carbonyl (C=O) groups is 2. The molecule has 1 amide bonds. The van der Waals surface area contributed by atoms with Crippen LogP contribution in [0.3, 0.4) is 0 Å². The number of nitrogen functional groups attached to an aromatic ring is 1. The second-order valence-corrected chi connectivity index (χ2v) is 8.92. The quantitative estimate of drug-likeness (QED) is 0.456. The molecule has 0 saturated carbocycles. The van der Waals surface area contributed by atoms with E-state index in [2.05, 4.69) is 24.9 Å². The second-order valence-electron chi connectivity index (χ2n) is 8.92. The largest absolute Gasteiger partial charge is 0.406 e. The van der Waals surface area contributed by atoms with E-state index in [9.17, 15) is 22.8 Å². The van der Waals surface area contributed by atoms with Crippen LogP contribution in [0.4, 0.5) is 30.9 Å². The number of morpholine rings is 1. The molecule has 0 atom stereocenters. The average molecular weight is 535 g/mol. The number of ketones is 1. The molecule has 2 N–H and O–H groups in total. The number of nitrogens with zero attached hydrogens (tertiary/aromatic N) is 9. The van der Waals surface area contributed by atoms with E-state index in [-0.39, 0.29) is 55.1 Å². The molecule has 2 saturated heterocycles. The lowest BCUT2D eigenvalue weighted by Crippen LogP contribution is -2.51. The molecule has 0 unspecified atom stereocenters. The van der Waals surface area contributed by atoms with Gasteiger partial charge in [0.25, 0.3) is 5.91 Å². The third-order valence-corrected chi connectivity index (χ3v) is 6.29. The summed E-state index contributed by atoms with van der Waals surface area (Å²) in [5.74, 6) is -0.614. The Hall–Kier alpha value is -4.08. The van der Waals surface area contributed by atoms with Gasteiger partial charge in [-0.05, 0) is 0 Å². The fourth-order valence-corrected chi connectivity index (χ4v) is 4.45. The first-order valence-electron chi connectivity index (χ1n) is 11.9. The first-order valence-corrected chi connectivity index (χ1v) is 11.9. The minimum atomic E-state index is -4.57. The smallest absolute Gasteiger partial charge is 0.378 e. The van der Waals surface area contributed by atoms with Crippen molar-refractivity contribution in [1.29, 1.82) is 0 Å². The van der Waals surface area contributed by atoms with E-state index < -0.39 is 24.4 Å². The molecule has 0 radical (unpaired) electrons. The Morgan fingerprint density at radius 1 is 0.974 bits per heavy atom. The minimum absolute atomic E-state index is 0.00267. The van der Waals surface area contributed by atoms with E-state index in [4.69, 9.17) is 10.5 Å². The predicted octanol–water partition coefficient (Wildman–Crippen LogP) is 0.502. The van der Waals surface area contributed by atoms with Gasteiger partial charge in [-0.3, -0.25) is 14.2 Å². The summed E-state index contributed by atoms with van der Waals surface area (Å²) >= 11 is 0. The maximum atomic E-state index is 13.8. The Kier molecular flexibility index (Phi) is 6.73. The Bertz CT molecular complexity index is 1350. The molecule has 0 spiro atoms. The topological polar surface area (TPSA) is 148 Å². The number of aromatic nitrogens is 6. The van der Waals surface area contributed by atoms with E-state index in [1.165, 1.54) is 24.2 Å². The summed E-state index contributed by atoms with van der Waals surface area (Å²) in [6.45, 7) is 2.37. The monoisotopic (exact) mass is 534 g/mol. The molecular formula is C22H25F3N10O3. The molecule has 2 aliphatic rings. The van der Waals surface area contributed by atoms with E-state index in [0.717, 1.165) is 4.57 Å². The van der Waals surface area contributed by atoms with Gasteiger partial charge >= 0.3 is 6.18 Å². The van der Waals surface area contributed by atoms with Crippen molar-refractivity contribution in [3.05, 3.63) is 12.4 Å². The van der Waals surface area contributed by atoms with Crippen LogP contribution in [-0.4, -0.2) is 105 Å². The number of halogens is 3. The number of amides is 1.